The smallest absolute Gasteiger partial charge is 0.132 e. The summed E-state index contributed by atoms with van der Waals surface area (Å²) in [4.78, 5) is 1.54. The van der Waals surface area contributed by atoms with Crippen LogP contribution < -0.4 is 0 Å². The number of hydrogen-bond acceptors (Lipinski definition) is 3. The van der Waals surface area contributed by atoms with Crippen LogP contribution in [0.15, 0.2) is 66.5 Å². The third kappa shape index (κ3) is 3.11. The highest BCUT2D eigenvalue weighted by atomic mass is 35.5. The van der Waals surface area contributed by atoms with Crippen LogP contribution in [0, 0.1) is 0 Å². The molecule has 3 aromatic rings. The van der Waals surface area contributed by atoms with Crippen LogP contribution in [-0.2, 0) is 18.6 Å². The van der Waals surface area contributed by atoms with Gasteiger partial charge in [-0.25, -0.2) is 0 Å². The van der Waals surface area contributed by atoms with E-state index in [1.807, 2.05) is 42.5 Å². The minimum Gasteiger partial charge on any atom is -0.379 e. The van der Waals surface area contributed by atoms with Crippen LogP contribution >= 0.6 is 11.6 Å². The van der Waals surface area contributed by atoms with E-state index in [4.69, 9.17) is 11.6 Å². The fourth-order valence-electron chi connectivity index (χ4n) is 3.46. The van der Waals surface area contributed by atoms with Gasteiger partial charge < -0.3 is 5.11 Å². The molecule has 0 saturated carbocycles. The summed E-state index contributed by atoms with van der Waals surface area (Å²) in [6.07, 6.45) is 7.00. The summed E-state index contributed by atoms with van der Waals surface area (Å²) in [6.45, 7) is 0.288. The van der Waals surface area contributed by atoms with Crippen molar-refractivity contribution in [1.82, 2.24) is 15.0 Å². The van der Waals surface area contributed by atoms with Crippen molar-refractivity contribution in [1.29, 1.82) is 0 Å². The van der Waals surface area contributed by atoms with E-state index in [9.17, 15) is 5.11 Å². The fourth-order valence-corrected chi connectivity index (χ4v) is 3.59. The second-order valence-corrected chi connectivity index (χ2v) is 6.73. The van der Waals surface area contributed by atoms with Gasteiger partial charge in [0.25, 0.3) is 0 Å². The lowest BCUT2D eigenvalue weighted by atomic mass is 9.74. The lowest BCUT2D eigenvalue weighted by molar-refractivity contribution is 0.0413. The second-order valence-electron chi connectivity index (χ2n) is 6.30. The Labute approximate surface area is 151 Å². The average Bonchev–Trinajstić information content (AvgIpc) is 3.12. The summed E-state index contributed by atoms with van der Waals surface area (Å²) in [7, 11) is 0. The number of benzene rings is 2. The first-order valence-corrected chi connectivity index (χ1v) is 8.64. The SMILES string of the molecule is O[C@@]1(Cn2nccn2)/C(=C\c2ccc(Cl)cc2)CCc2ccccc21. The minimum atomic E-state index is -1.13. The van der Waals surface area contributed by atoms with Gasteiger partial charge in [0.2, 0.25) is 0 Å². The van der Waals surface area contributed by atoms with Gasteiger partial charge in [0.05, 0.1) is 18.9 Å². The molecule has 0 spiro atoms. The lowest BCUT2D eigenvalue weighted by Crippen LogP contribution is -2.38. The molecule has 0 bridgehead atoms. The molecule has 5 heteroatoms. The van der Waals surface area contributed by atoms with E-state index in [1.165, 1.54) is 10.4 Å². The lowest BCUT2D eigenvalue weighted by Gasteiger charge is -2.36. The summed E-state index contributed by atoms with van der Waals surface area (Å²) in [6, 6.07) is 15.7. The number of aliphatic hydroxyl groups is 1. The van der Waals surface area contributed by atoms with Crippen molar-refractivity contribution in [3.05, 3.63) is 88.2 Å². The minimum absolute atomic E-state index is 0.288. The first-order valence-electron chi connectivity index (χ1n) is 8.27. The molecule has 1 heterocycles. The van der Waals surface area contributed by atoms with Crippen molar-refractivity contribution in [2.75, 3.05) is 0 Å². The maximum absolute atomic E-state index is 11.7. The zero-order chi connectivity index (χ0) is 17.3. The fraction of sp³-hybridized carbons (Fsp3) is 0.200. The Bertz CT molecular complexity index is 903. The van der Waals surface area contributed by atoms with Crippen LogP contribution in [0.5, 0.6) is 0 Å². The second kappa shape index (κ2) is 6.47. The largest absolute Gasteiger partial charge is 0.379 e. The Morgan fingerprint density at radius 2 is 1.76 bits per heavy atom. The van der Waals surface area contributed by atoms with E-state index in [2.05, 4.69) is 22.3 Å². The molecule has 0 amide bonds. The van der Waals surface area contributed by atoms with Crippen LogP contribution in [-0.4, -0.2) is 20.1 Å². The predicted molar refractivity (Wildman–Crippen MR) is 98.1 cm³/mol. The molecule has 0 fully saturated rings. The molecule has 1 aliphatic rings. The standard InChI is InChI=1S/C20H18ClN3O/c21-18-9-5-15(6-10-18)13-17-8-7-16-3-1-2-4-19(16)20(17,25)14-24-22-11-12-23-24/h1-6,9-13,25H,7-8,14H2/b17-13-/t20-/m0/s1. The Kier molecular flexibility index (Phi) is 4.15. The Hall–Kier alpha value is -2.43. The van der Waals surface area contributed by atoms with Crippen molar-refractivity contribution >= 4 is 17.7 Å². The molecule has 2 aromatic carbocycles. The van der Waals surface area contributed by atoms with Crippen LogP contribution in [0.3, 0.4) is 0 Å². The molecule has 0 radical (unpaired) electrons. The zero-order valence-corrected chi connectivity index (χ0v) is 14.4. The molecule has 25 heavy (non-hydrogen) atoms. The first kappa shape index (κ1) is 16.1. The van der Waals surface area contributed by atoms with Gasteiger partial charge in [0, 0.05) is 5.02 Å². The molecule has 4 rings (SSSR count). The van der Waals surface area contributed by atoms with E-state index in [1.54, 1.807) is 12.4 Å². The van der Waals surface area contributed by atoms with Gasteiger partial charge in [0.15, 0.2) is 0 Å². The Morgan fingerprint density at radius 1 is 1.04 bits per heavy atom. The van der Waals surface area contributed by atoms with Gasteiger partial charge in [-0.3, -0.25) is 0 Å². The molecule has 1 atom stereocenters. The quantitative estimate of drug-likeness (QED) is 0.779. The van der Waals surface area contributed by atoms with Crippen molar-refractivity contribution in [2.45, 2.75) is 25.0 Å². The predicted octanol–water partition coefficient (Wildman–Crippen LogP) is 3.85. The highest BCUT2D eigenvalue weighted by molar-refractivity contribution is 6.30. The number of rotatable bonds is 3. The summed E-state index contributed by atoms with van der Waals surface area (Å²) in [5.41, 5.74) is 2.95. The number of fused-ring (bicyclic) bond motifs is 1. The van der Waals surface area contributed by atoms with Crippen molar-refractivity contribution in [3.8, 4) is 0 Å². The Balaban J connectivity index is 1.81. The highest BCUT2D eigenvalue weighted by Gasteiger charge is 2.39. The number of aromatic nitrogens is 3. The van der Waals surface area contributed by atoms with Crippen LogP contribution in [0.25, 0.3) is 6.08 Å². The molecular formula is C20H18ClN3O. The summed E-state index contributed by atoms with van der Waals surface area (Å²) < 4.78 is 0. The van der Waals surface area contributed by atoms with Gasteiger partial charge in [-0.1, -0.05) is 54.1 Å². The maximum Gasteiger partial charge on any atom is 0.132 e. The van der Waals surface area contributed by atoms with Crippen LogP contribution in [0.4, 0.5) is 0 Å². The summed E-state index contributed by atoms with van der Waals surface area (Å²) in [5, 5.41) is 20.7. The number of nitrogens with zero attached hydrogens (tertiary/aromatic N) is 3. The third-order valence-corrected chi connectivity index (χ3v) is 4.96. The number of halogens is 1. The normalized spacial score (nSPS) is 21.3. The van der Waals surface area contributed by atoms with Crippen molar-refractivity contribution < 1.29 is 5.11 Å². The van der Waals surface area contributed by atoms with E-state index in [0.717, 1.165) is 29.5 Å². The van der Waals surface area contributed by atoms with E-state index in [-0.39, 0.29) is 6.54 Å². The summed E-state index contributed by atoms with van der Waals surface area (Å²) in [5.74, 6) is 0. The molecule has 0 aliphatic heterocycles. The molecule has 0 saturated heterocycles. The van der Waals surface area contributed by atoms with Crippen molar-refractivity contribution in [3.63, 3.8) is 0 Å². The number of aryl methyl sites for hydroxylation is 1. The van der Waals surface area contributed by atoms with Gasteiger partial charge >= 0.3 is 0 Å². The van der Waals surface area contributed by atoms with Gasteiger partial charge in [-0.2, -0.15) is 15.0 Å². The molecule has 1 aliphatic carbocycles. The molecule has 1 aromatic heterocycles. The van der Waals surface area contributed by atoms with E-state index < -0.39 is 5.60 Å². The average molecular weight is 352 g/mol. The van der Waals surface area contributed by atoms with Gasteiger partial charge in [-0.05, 0) is 47.2 Å². The molecule has 126 valence electrons. The van der Waals surface area contributed by atoms with E-state index in [0.29, 0.717) is 5.02 Å². The molecule has 1 N–H and O–H groups in total. The molecule has 4 nitrogen and oxygen atoms in total. The molecular weight excluding hydrogens is 334 g/mol. The Morgan fingerprint density at radius 3 is 2.52 bits per heavy atom. The first-order chi connectivity index (χ1) is 12.1. The van der Waals surface area contributed by atoms with Gasteiger partial charge in [-0.15, -0.1) is 0 Å². The monoisotopic (exact) mass is 351 g/mol. The number of hydrogen-bond donors (Lipinski definition) is 1. The summed E-state index contributed by atoms with van der Waals surface area (Å²) >= 11 is 5.98. The third-order valence-electron chi connectivity index (χ3n) is 4.71. The van der Waals surface area contributed by atoms with Crippen molar-refractivity contribution in [2.24, 2.45) is 0 Å². The van der Waals surface area contributed by atoms with Crippen LogP contribution in [0.1, 0.15) is 23.1 Å². The van der Waals surface area contributed by atoms with Gasteiger partial charge in [0.1, 0.15) is 5.60 Å². The topological polar surface area (TPSA) is 50.9 Å². The maximum atomic E-state index is 11.7. The highest BCUT2D eigenvalue weighted by Crippen LogP contribution is 2.41. The molecule has 0 unspecified atom stereocenters. The zero-order valence-electron chi connectivity index (χ0n) is 13.6. The van der Waals surface area contributed by atoms with Crippen LogP contribution in [0.2, 0.25) is 5.02 Å². The van der Waals surface area contributed by atoms with E-state index >= 15 is 0 Å².